The molecule has 4 nitrogen and oxygen atoms in total. The van der Waals surface area contributed by atoms with Crippen LogP contribution in [0.2, 0.25) is 0 Å². The smallest absolute Gasteiger partial charge is 0.145 e. The molecule has 0 amide bonds. The number of rotatable bonds is 5. The third kappa shape index (κ3) is 3.72. The molecule has 0 saturated carbocycles. The highest BCUT2D eigenvalue weighted by Crippen LogP contribution is 2.24. The largest absolute Gasteiger partial charge is 0.486 e. The number of pyridine rings is 1. The Bertz CT molecular complexity index is 927. The summed E-state index contributed by atoms with van der Waals surface area (Å²) in [5.74, 6) is 0.931. The zero-order chi connectivity index (χ0) is 17.8. The van der Waals surface area contributed by atoms with E-state index in [0.717, 1.165) is 22.5 Å². The highest BCUT2D eigenvalue weighted by atomic mass is 19.1. The number of aliphatic imine (C=N–C) groups is 1. The van der Waals surface area contributed by atoms with Gasteiger partial charge in [0, 0.05) is 24.0 Å². The first kappa shape index (κ1) is 16.3. The number of hydrogen-bond acceptors (Lipinski definition) is 4. The van der Waals surface area contributed by atoms with Gasteiger partial charge in [0.05, 0.1) is 12.6 Å². The molecule has 2 heterocycles. The molecule has 1 N–H and O–H groups in total. The Balaban J connectivity index is 1.40. The lowest BCUT2D eigenvalue weighted by atomic mass is 10.0. The number of ether oxygens (including phenoxy) is 1. The molecule has 1 aliphatic rings. The zero-order valence-corrected chi connectivity index (χ0v) is 14.1. The predicted molar refractivity (Wildman–Crippen MR) is 99.7 cm³/mol. The number of amidine groups is 1. The van der Waals surface area contributed by atoms with Gasteiger partial charge < -0.3 is 10.1 Å². The number of benzene rings is 2. The van der Waals surface area contributed by atoms with Crippen LogP contribution in [-0.2, 0) is 0 Å². The van der Waals surface area contributed by atoms with Crippen LogP contribution >= 0.6 is 0 Å². The van der Waals surface area contributed by atoms with Gasteiger partial charge in [0.1, 0.15) is 24.0 Å². The second-order valence-corrected chi connectivity index (χ2v) is 6.10. The van der Waals surface area contributed by atoms with Crippen molar-refractivity contribution >= 4 is 5.84 Å². The molecule has 0 spiro atoms. The summed E-state index contributed by atoms with van der Waals surface area (Å²) in [6, 6.07) is 18.5. The molecule has 0 saturated heterocycles. The minimum absolute atomic E-state index is 0.0669. The average Bonchev–Trinajstić information content (AvgIpc) is 3.16. The molecular weight excluding hydrogens is 329 g/mol. The normalized spacial score (nSPS) is 16.0. The van der Waals surface area contributed by atoms with Gasteiger partial charge >= 0.3 is 0 Å². The van der Waals surface area contributed by atoms with Crippen molar-refractivity contribution in [1.82, 2.24) is 10.3 Å². The molecule has 4 rings (SSSR count). The van der Waals surface area contributed by atoms with Crippen molar-refractivity contribution in [3.63, 3.8) is 0 Å². The van der Waals surface area contributed by atoms with E-state index >= 15 is 0 Å². The van der Waals surface area contributed by atoms with Crippen LogP contribution in [0.4, 0.5) is 4.39 Å². The lowest BCUT2D eigenvalue weighted by Crippen LogP contribution is -2.28. The molecule has 1 aliphatic heterocycles. The van der Waals surface area contributed by atoms with Gasteiger partial charge in [0.15, 0.2) is 0 Å². The van der Waals surface area contributed by atoms with Gasteiger partial charge in [-0.25, -0.2) is 4.39 Å². The van der Waals surface area contributed by atoms with Crippen LogP contribution in [-0.4, -0.2) is 24.0 Å². The van der Waals surface area contributed by atoms with Crippen molar-refractivity contribution in [2.24, 2.45) is 4.99 Å². The van der Waals surface area contributed by atoms with Gasteiger partial charge in [-0.2, -0.15) is 0 Å². The average molecular weight is 347 g/mol. The molecule has 3 aromatic rings. The van der Waals surface area contributed by atoms with Gasteiger partial charge in [0.25, 0.3) is 0 Å². The third-order valence-electron chi connectivity index (χ3n) is 4.25. The summed E-state index contributed by atoms with van der Waals surface area (Å²) in [4.78, 5) is 8.86. The standard InChI is InChI=1S/C21H18FN3O/c22-18-7-4-8-19(10-18)26-14-21-24-13-20(25-21)17-9-16(11-23-12-17)15-5-2-1-3-6-15/h1-12,20H,13-14H2,(H,24,25). The molecule has 26 heavy (non-hydrogen) atoms. The van der Waals surface area contributed by atoms with Crippen molar-refractivity contribution in [3.8, 4) is 16.9 Å². The topological polar surface area (TPSA) is 46.5 Å². The van der Waals surface area contributed by atoms with Crippen LogP contribution < -0.4 is 10.1 Å². The van der Waals surface area contributed by atoms with Crippen LogP contribution in [0.15, 0.2) is 78.0 Å². The van der Waals surface area contributed by atoms with Crippen LogP contribution in [0.5, 0.6) is 5.75 Å². The maximum absolute atomic E-state index is 13.2. The van der Waals surface area contributed by atoms with Crippen molar-refractivity contribution in [2.45, 2.75) is 6.04 Å². The summed E-state index contributed by atoms with van der Waals surface area (Å²) in [6.07, 6.45) is 3.72. The fraction of sp³-hybridized carbons (Fsp3) is 0.143. The molecule has 1 unspecified atom stereocenters. The Labute approximate surface area is 151 Å². The van der Waals surface area contributed by atoms with Gasteiger partial charge in [-0.15, -0.1) is 0 Å². The summed E-state index contributed by atoms with van der Waals surface area (Å²) >= 11 is 0. The Morgan fingerprint density at radius 2 is 1.88 bits per heavy atom. The van der Waals surface area contributed by atoms with E-state index in [0.29, 0.717) is 12.3 Å². The Morgan fingerprint density at radius 1 is 1.00 bits per heavy atom. The second kappa shape index (κ2) is 7.35. The molecule has 0 bridgehead atoms. The highest BCUT2D eigenvalue weighted by Gasteiger charge is 2.20. The van der Waals surface area contributed by atoms with Crippen LogP contribution in [0.3, 0.4) is 0 Å². The first-order valence-electron chi connectivity index (χ1n) is 8.46. The molecule has 130 valence electrons. The number of aromatic nitrogens is 1. The molecule has 1 aromatic heterocycles. The van der Waals surface area contributed by atoms with E-state index in [1.54, 1.807) is 12.1 Å². The predicted octanol–water partition coefficient (Wildman–Crippen LogP) is 4.01. The van der Waals surface area contributed by atoms with Crippen LogP contribution in [0.1, 0.15) is 11.6 Å². The van der Waals surface area contributed by atoms with Crippen molar-refractivity contribution < 1.29 is 9.13 Å². The van der Waals surface area contributed by atoms with E-state index in [2.05, 4.69) is 33.5 Å². The fourth-order valence-corrected chi connectivity index (χ4v) is 2.92. The minimum Gasteiger partial charge on any atom is -0.486 e. The van der Waals surface area contributed by atoms with E-state index in [1.807, 2.05) is 30.6 Å². The molecule has 2 aromatic carbocycles. The fourth-order valence-electron chi connectivity index (χ4n) is 2.92. The monoisotopic (exact) mass is 347 g/mol. The molecule has 5 heteroatoms. The van der Waals surface area contributed by atoms with E-state index in [1.165, 1.54) is 12.1 Å². The Hall–Kier alpha value is -3.21. The van der Waals surface area contributed by atoms with Crippen molar-refractivity contribution in [1.29, 1.82) is 0 Å². The van der Waals surface area contributed by atoms with Gasteiger partial charge in [-0.3, -0.25) is 9.98 Å². The Kier molecular flexibility index (Phi) is 4.60. The Morgan fingerprint density at radius 3 is 2.73 bits per heavy atom. The van der Waals surface area contributed by atoms with Crippen molar-refractivity contribution in [2.75, 3.05) is 13.2 Å². The third-order valence-corrected chi connectivity index (χ3v) is 4.25. The first-order chi connectivity index (χ1) is 12.8. The lowest BCUT2D eigenvalue weighted by Gasteiger charge is -2.13. The van der Waals surface area contributed by atoms with E-state index in [-0.39, 0.29) is 18.5 Å². The first-order valence-corrected chi connectivity index (χ1v) is 8.46. The molecule has 1 atom stereocenters. The van der Waals surface area contributed by atoms with Crippen LogP contribution in [0.25, 0.3) is 11.1 Å². The summed E-state index contributed by atoms with van der Waals surface area (Å²) < 4.78 is 18.8. The molecule has 0 fully saturated rings. The second-order valence-electron chi connectivity index (χ2n) is 6.10. The molecule has 0 radical (unpaired) electrons. The SMILES string of the molecule is Fc1cccc(OCC2=NCC(c3cncc(-c4ccccc4)c3)N2)c1. The highest BCUT2D eigenvalue weighted by molar-refractivity contribution is 5.85. The maximum atomic E-state index is 13.2. The summed E-state index contributed by atoms with van der Waals surface area (Å²) in [5, 5.41) is 3.36. The maximum Gasteiger partial charge on any atom is 0.145 e. The summed E-state index contributed by atoms with van der Waals surface area (Å²) in [6.45, 7) is 0.910. The molecular formula is C21H18FN3O. The number of nitrogens with zero attached hydrogens (tertiary/aromatic N) is 2. The van der Waals surface area contributed by atoms with Gasteiger partial charge in [-0.1, -0.05) is 36.4 Å². The van der Waals surface area contributed by atoms with E-state index in [4.69, 9.17) is 4.74 Å². The quantitative estimate of drug-likeness (QED) is 0.758. The molecule has 0 aliphatic carbocycles. The number of hydrogen-bond donors (Lipinski definition) is 1. The van der Waals surface area contributed by atoms with Gasteiger partial charge in [0.2, 0.25) is 0 Å². The summed E-state index contributed by atoms with van der Waals surface area (Å²) in [7, 11) is 0. The number of nitrogens with one attached hydrogen (secondary N) is 1. The van der Waals surface area contributed by atoms with E-state index in [9.17, 15) is 4.39 Å². The van der Waals surface area contributed by atoms with E-state index < -0.39 is 0 Å². The lowest BCUT2D eigenvalue weighted by molar-refractivity contribution is 0.370. The van der Waals surface area contributed by atoms with Crippen molar-refractivity contribution in [3.05, 3.63) is 84.4 Å². The number of halogens is 1. The zero-order valence-electron chi connectivity index (χ0n) is 14.1. The summed E-state index contributed by atoms with van der Waals surface area (Å²) in [5.41, 5.74) is 3.29. The van der Waals surface area contributed by atoms with Crippen LogP contribution in [0, 0.1) is 5.82 Å². The van der Waals surface area contributed by atoms with Gasteiger partial charge in [-0.05, 0) is 29.3 Å². The minimum atomic E-state index is -0.314.